The summed E-state index contributed by atoms with van der Waals surface area (Å²) < 4.78 is 5.34. The Balaban J connectivity index is 1.19. The molecule has 2 saturated heterocycles. The summed E-state index contributed by atoms with van der Waals surface area (Å²) in [7, 11) is 1.87. The molecule has 3 fully saturated rings. The van der Waals surface area contributed by atoms with E-state index in [4.69, 9.17) is 4.74 Å². The smallest absolute Gasteiger partial charge is 0.236 e. The molecule has 3 aliphatic rings. The molecule has 1 N–H and O–H groups in total. The summed E-state index contributed by atoms with van der Waals surface area (Å²) in [4.78, 5) is 23.5. The minimum atomic E-state index is 0.228. The number of hydrogen-bond donors (Lipinski definition) is 1. The minimum absolute atomic E-state index is 0.228. The summed E-state index contributed by atoms with van der Waals surface area (Å²) in [6, 6.07) is 11.2. The van der Waals surface area contributed by atoms with Gasteiger partial charge in [-0.25, -0.2) is 0 Å². The molecule has 2 aliphatic heterocycles. The first-order valence-electron chi connectivity index (χ1n) is 10.8. The Hall–Kier alpha value is -2.12. The van der Waals surface area contributed by atoms with Gasteiger partial charge in [-0.05, 0) is 24.3 Å². The highest BCUT2D eigenvalue weighted by atomic mass is 16.5. The van der Waals surface area contributed by atoms with Crippen LogP contribution in [-0.2, 0) is 16.0 Å². The molecule has 0 spiro atoms. The fourth-order valence-corrected chi connectivity index (χ4v) is 4.25. The van der Waals surface area contributed by atoms with Gasteiger partial charge in [-0.15, -0.1) is 0 Å². The maximum atomic E-state index is 12.5. The molecule has 2 unspecified atom stereocenters. The molecule has 0 radical (unpaired) electrons. The molecule has 1 amide bonds. The van der Waals surface area contributed by atoms with Crippen LogP contribution < -0.4 is 5.32 Å². The molecule has 7 heteroatoms. The summed E-state index contributed by atoms with van der Waals surface area (Å²) in [5.74, 6) is 1.93. The number of hydrogen-bond acceptors (Lipinski definition) is 4. The van der Waals surface area contributed by atoms with Crippen molar-refractivity contribution in [2.45, 2.75) is 18.9 Å². The number of aliphatic imine (C=N–C) groups is 1. The second-order valence-corrected chi connectivity index (χ2v) is 8.24. The fraction of sp³-hybridized carbons (Fsp3) is 0.636. The summed E-state index contributed by atoms with van der Waals surface area (Å²) in [5.41, 5.74) is 1.41. The highest BCUT2D eigenvalue weighted by molar-refractivity contribution is 5.81. The van der Waals surface area contributed by atoms with Crippen LogP contribution in [0.1, 0.15) is 12.0 Å². The molecular formula is C22H33N5O2. The third-order valence-electron chi connectivity index (χ3n) is 6.18. The zero-order chi connectivity index (χ0) is 20.1. The van der Waals surface area contributed by atoms with E-state index in [1.807, 2.05) is 11.9 Å². The zero-order valence-corrected chi connectivity index (χ0v) is 17.4. The lowest BCUT2D eigenvalue weighted by atomic mass is 10.1. The Morgan fingerprint density at radius 2 is 1.79 bits per heavy atom. The van der Waals surface area contributed by atoms with Crippen molar-refractivity contribution < 1.29 is 9.53 Å². The van der Waals surface area contributed by atoms with Gasteiger partial charge in [0, 0.05) is 52.4 Å². The number of carbonyl (C=O) groups is 1. The highest BCUT2D eigenvalue weighted by Gasteiger charge is 2.38. The van der Waals surface area contributed by atoms with Gasteiger partial charge in [0.2, 0.25) is 5.91 Å². The van der Waals surface area contributed by atoms with Gasteiger partial charge < -0.3 is 19.9 Å². The van der Waals surface area contributed by atoms with Crippen LogP contribution in [0.2, 0.25) is 0 Å². The Labute approximate surface area is 173 Å². The van der Waals surface area contributed by atoms with Gasteiger partial charge in [-0.1, -0.05) is 30.3 Å². The lowest BCUT2D eigenvalue weighted by molar-refractivity contribution is -0.136. The van der Waals surface area contributed by atoms with Crippen LogP contribution in [0.5, 0.6) is 0 Å². The van der Waals surface area contributed by atoms with Crippen molar-refractivity contribution in [1.82, 2.24) is 20.0 Å². The molecule has 0 bridgehead atoms. The Kier molecular flexibility index (Phi) is 6.67. The van der Waals surface area contributed by atoms with Crippen molar-refractivity contribution in [2.75, 3.05) is 66.1 Å². The van der Waals surface area contributed by atoms with E-state index in [2.05, 4.69) is 50.4 Å². The van der Waals surface area contributed by atoms with Gasteiger partial charge in [0.05, 0.1) is 19.8 Å². The van der Waals surface area contributed by atoms with Crippen molar-refractivity contribution in [1.29, 1.82) is 0 Å². The van der Waals surface area contributed by atoms with Crippen LogP contribution in [-0.4, -0.2) is 98.7 Å². The van der Waals surface area contributed by atoms with Crippen LogP contribution in [0, 0.1) is 5.92 Å². The van der Waals surface area contributed by atoms with Gasteiger partial charge in [0.1, 0.15) is 0 Å². The molecule has 158 valence electrons. The number of nitrogens with zero attached hydrogens (tertiary/aromatic N) is 4. The number of guanidine groups is 1. The molecule has 7 nitrogen and oxygen atoms in total. The molecule has 2 heterocycles. The third kappa shape index (κ3) is 5.48. The molecule has 4 rings (SSSR count). The topological polar surface area (TPSA) is 60.4 Å². The van der Waals surface area contributed by atoms with Gasteiger partial charge in [0.15, 0.2) is 5.96 Å². The Morgan fingerprint density at radius 1 is 1.07 bits per heavy atom. The van der Waals surface area contributed by atoms with Crippen LogP contribution in [0.4, 0.5) is 0 Å². The zero-order valence-electron chi connectivity index (χ0n) is 17.4. The predicted molar refractivity (Wildman–Crippen MR) is 114 cm³/mol. The minimum Gasteiger partial charge on any atom is -0.378 e. The summed E-state index contributed by atoms with van der Waals surface area (Å²) in [6.45, 7) is 6.90. The number of ether oxygens (including phenoxy) is 1. The SMILES string of the molecule is CN=C(NC1CC1Cc1ccccc1)N1CCN(CC(=O)N2CCOCC2)CC1. The van der Waals surface area contributed by atoms with Crippen molar-refractivity contribution in [3.63, 3.8) is 0 Å². The van der Waals surface area contributed by atoms with Crippen LogP contribution in [0.25, 0.3) is 0 Å². The van der Waals surface area contributed by atoms with Gasteiger partial charge >= 0.3 is 0 Å². The first kappa shape index (κ1) is 20.2. The molecule has 0 aromatic heterocycles. The summed E-state index contributed by atoms with van der Waals surface area (Å²) >= 11 is 0. The van der Waals surface area contributed by atoms with Crippen molar-refractivity contribution in [3.8, 4) is 0 Å². The lowest BCUT2D eigenvalue weighted by Gasteiger charge is -2.37. The van der Waals surface area contributed by atoms with Crippen molar-refractivity contribution in [3.05, 3.63) is 35.9 Å². The standard InChI is InChI=1S/C22H33N5O2/c1-23-22(24-20-16-19(20)15-18-5-3-2-4-6-18)27-9-7-25(8-10-27)17-21(28)26-11-13-29-14-12-26/h2-6,19-20H,7-17H2,1H3,(H,23,24). The quantitative estimate of drug-likeness (QED) is 0.583. The highest BCUT2D eigenvalue weighted by Crippen LogP contribution is 2.33. The first-order valence-corrected chi connectivity index (χ1v) is 10.8. The van der Waals surface area contributed by atoms with Crippen molar-refractivity contribution in [2.24, 2.45) is 10.9 Å². The maximum Gasteiger partial charge on any atom is 0.236 e. The number of rotatable bonds is 5. The molecule has 29 heavy (non-hydrogen) atoms. The number of piperazine rings is 1. The number of carbonyl (C=O) groups excluding carboxylic acids is 1. The number of benzene rings is 1. The van der Waals surface area contributed by atoms with E-state index in [1.54, 1.807) is 0 Å². The molecule has 1 aliphatic carbocycles. The maximum absolute atomic E-state index is 12.5. The number of morpholine rings is 1. The Morgan fingerprint density at radius 3 is 2.48 bits per heavy atom. The fourth-order valence-electron chi connectivity index (χ4n) is 4.25. The Bertz CT molecular complexity index is 696. The average molecular weight is 400 g/mol. The van der Waals surface area contributed by atoms with Crippen molar-refractivity contribution >= 4 is 11.9 Å². The summed E-state index contributed by atoms with van der Waals surface area (Å²) in [5, 5.41) is 3.66. The molecule has 1 saturated carbocycles. The van der Waals surface area contributed by atoms with Crippen LogP contribution in [0.15, 0.2) is 35.3 Å². The average Bonchev–Trinajstić information content (AvgIpc) is 3.51. The summed E-state index contributed by atoms with van der Waals surface area (Å²) in [6.07, 6.45) is 2.34. The molecular weight excluding hydrogens is 366 g/mol. The van der Waals surface area contributed by atoms with E-state index >= 15 is 0 Å². The van der Waals surface area contributed by atoms with E-state index in [0.717, 1.165) is 51.6 Å². The van der Waals surface area contributed by atoms with E-state index < -0.39 is 0 Å². The third-order valence-corrected chi connectivity index (χ3v) is 6.18. The van der Waals surface area contributed by atoms with Gasteiger partial charge in [0.25, 0.3) is 0 Å². The van der Waals surface area contributed by atoms with Gasteiger partial charge in [-0.3, -0.25) is 14.7 Å². The van der Waals surface area contributed by atoms with E-state index in [-0.39, 0.29) is 5.91 Å². The number of amides is 1. The molecule has 2 atom stereocenters. The second kappa shape index (κ2) is 9.59. The second-order valence-electron chi connectivity index (χ2n) is 8.24. The van der Waals surface area contributed by atoms with E-state index in [0.29, 0.717) is 31.7 Å². The lowest BCUT2D eigenvalue weighted by Crippen LogP contribution is -2.55. The van der Waals surface area contributed by atoms with Crippen LogP contribution in [0.3, 0.4) is 0 Å². The normalized spacial score (nSPS) is 25.8. The first-order chi connectivity index (χ1) is 14.2. The largest absolute Gasteiger partial charge is 0.378 e. The monoisotopic (exact) mass is 399 g/mol. The molecule has 1 aromatic rings. The molecule has 1 aromatic carbocycles. The van der Waals surface area contributed by atoms with E-state index in [1.165, 1.54) is 12.0 Å². The van der Waals surface area contributed by atoms with Gasteiger partial charge in [-0.2, -0.15) is 0 Å². The van der Waals surface area contributed by atoms with E-state index in [9.17, 15) is 4.79 Å². The van der Waals surface area contributed by atoms with Crippen LogP contribution >= 0.6 is 0 Å². The number of nitrogens with one attached hydrogen (secondary N) is 1. The predicted octanol–water partition coefficient (Wildman–Crippen LogP) is 0.669.